The van der Waals surface area contributed by atoms with Gasteiger partial charge in [0.05, 0.1) is 17.3 Å². The van der Waals surface area contributed by atoms with Crippen molar-refractivity contribution in [2.45, 2.75) is 18.8 Å². The van der Waals surface area contributed by atoms with Crippen LogP contribution in [-0.4, -0.2) is 52.2 Å². The van der Waals surface area contributed by atoms with E-state index in [1.165, 1.54) is 11.0 Å². The van der Waals surface area contributed by atoms with Gasteiger partial charge in [0, 0.05) is 32.4 Å². The lowest BCUT2D eigenvalue weighted by atomic mass is 10.2. The number of alkyl halides is 6. The van der Waals surface area contributed by atoms with Crippen LogP contribution in [0.25, 0.3) is 0 Å². The van der Waals surface area contributed by atoms with Crippen LogP contribution in [-0.2, 0) is 12.4 Å². The van der Waals surface area contributed by atoms with Gasteiger partial charge in [0.15, 0.2) is 5.69 Å². The highest BCUT2D eigenvalue weighted by Crippen LogP contribution is 2.31. The number of hydrogen-bond donors (Lipinski definition) is 1. The van der Waals surface area contributed by atoms with Gasteiger partial charge in [-0.1, -0.05) is 0 Å². The second-order valence-corrected chi connectivity index (χ2v) is 6.19. The normalized spacial score (nSPS) is 16.2. The van der Waals surface area contributed by atoms with Crippen molar-refractivity contribution in [2.24, 2.45) is 0 Å². The van der Waals surface area contributed by atoms with Gasteiger partial charge in [0.1, 0.15) is 5.82 Å². The van der Waals surface area contributed by atoms with E-state index in [1.807, 2.05) is 0 Å². The average Bonchev–Trinajstić information content (AvgIpc) is 2.99. The molecule has 1 saturated heterocycles. The lowest BCUT2D eigenvalue weighted by Gasteiger charge is -2.23. The molecular formula is C16H15F6N5O. The van der Waals surface area contributed by atoms with Crippen LogP contribution in [0.15, 0.2) is 24.5 Å². The van der Waals surface area contributed by atoms with Crippen molar-refractivity contribution in [3.05, 3.63) is 41.3 Å². The zero-order valence-electron chi connectivity index (χ0n) is 14.3. The first-order chi connectivity index (χ1) is 13.1. The number of rotatable bonds is 2. The van der Waals surface area contributed by atoms with Gasteiger partial charge in [0.2, 0.25) is 0 Å². The lowest BCUT2D eigenvalue weighted by Crippen LogP contribution is -2.36. The number of H-pyrrole nitrogens is 1. The molecule has 28 heavy (non-hydrogen) atoms. The molecule has 2 aromatic heterocycles. The number of aromatic nitrogens is 3. The molecule has 0 aromatic carbocycles. The first kappa shape index (κ1) is 20.0. The molecule has 0 saturated carbocycles. The van der Waals surface area contributed by atoms with Gasteiger partial charge in [-0.15, -0.1) is 0 Å². The molecule has 1 N–H and O–H groups in total. The summed E-state index contributed by atoms with van der Waals surface area (Å²) >= 11 is 0. The number of halogens is 6. The van der Waals surface area contributed by atoms with Crippen molar-refractivity contribution in [1.29, 1.82) is 0 Å². The largest absolute Gasteiger partial charge is 0.433 e. The van der Waals surface area contributed by atoms with E-state index in [2.05, 4.69) is 10.1 Å². The smallest absolute Gasteiger partial charge is 0.355 e. The Labute approximate surface area is 155 Å². The summed E-state index contributed by atoms with van der Waals surface area (Å²) in [4.78, 5) is 19.3. The summed E-state index contributed by atoms with van der Waals surface area (Å²) in [5, 5.41) is 5.11. The predicted molar refractivity (Wildman–Crippen MR) is 85.6 cm³/mol. The van der Waals surface area contributed by atoms with E-state index in [0.717, 1.165) is 18.5 Å². The third-order valence-electron chi connectivity index (χ3n) is 4.34. The number of hydrogen-bond acceptors (Lipinski definition) is 4. The molecule has 0 radical (unpaired) electrons. The first-order valence-corrected chi connectivity index (χ1v) is 8.25. The van der Waals surface area contributed by atoms with Crippen molar-refractivity contribution in [1.82, 2.24) is 20.1 Å². The van der Waals surface area contributed by atoms with Crippen LogP contribution >= 0.6 is 0 Å². The zero-order valence-corrected chi connectivity index (χ0v) is 14.3. The number of carbonyl (C=O) groups excluding carboxylic acids is 1. The molecule has 12 heteroatoms. The molecule has 3 rings (SSSR count). The van der Waals surface area contributed by atoms with E-state index in [-0.39, 0.29) is 19.6 Å². The third kappa shape index (κ3) is 4.20. The maximum absolute atomic E-state index is 13.0. The summed E-state index contributed by atoms with van der Waals surface area (Å²) < 4.78 is 76.7. The van der Waals surface area contributed by atoms with Crippen molar-refractivity contribution in [3.8, 4) is 0 Å². The summed E-state index contributed by atoms with van der Waals surface area (Å²) in [6.45, 7) is 0.936. The van der Waals surface area contributed by atoms with Crippen molar-refractivity contribution < 1.29 is 31.1 Å². The van der Waals surface area contributed by atoms with Gasteiger partial charge in [0.25, 0.3) is 5.91 Å². The van der Waals surface area contributed by atoms with Crippen molar-refractivity contribution in [3.63, 3.8) is 0 Å². The van der Waals surface area contributed by atoms with Gasteiger partial charge < -0.3 is 9.80 Å². The summed E-state index contributed by atoms with van der Waals surface area (Å²) in [7, 11) is 0. The van der Waals surface area contributed by atoms with Gasteiger partial charge in [-0.3, -0.25) is 9.89 Å². The van der Waals surface area contributed by atoms with E-state index in [1.54, 1.807) is 10.00 Å². The molecule has 152 valence electrons. The van der Waals surface area contributed by atoms with Crippen LogP contribution in [0.1, 0.15) is 28.0 Å². The SMILES string of the molecule is O=C(c1cn[nH]c1C(F)(F)F)N1CCCN(c2ccc(C(F)(F)F)cn2)CC1. The number of amides is 1. The van der Waals surface area contributed by atoms with E-state index in [0.29, 0.717) is 18.8 Å². The third-order valence-corrected chi connectivity index (χ3v) is 4.34. The summed E-state index contributed by atoms with van der Waals surface area (Å²) in [5.74, 6) is -0.495. The van der Waals surface area contributed by atoms with Crippen LogP contribution in [0, 0.1) is 0 Å². The molecule has 0 aliphatic carbocycles. The average molecular weight is 407 g/mol. The Hall–Kier alpha value is -2.79. The Morgan fingerprint density at radius 2 is 1.71 bits per heavy atom. The molecule has 0 unspecified atom stereocenters. The fourth-order valence-corrected chi connectivity index (χ4v) is 2.93. The molecule has 1 aliphatic rings. The van der Waals surface area contributed by atoms with Crippen molar-refractivity contribution >= 4 is 11.7 Å². The van der Waals surface area contributed by atoms with E-state index in [4.69, 9.17) is 0 Å². The minimum absolute atomic E-state index is 0.101. The molecule has 0 atom stereocenters. The Kier molecular flexibility index (Phi) is 5.22. The summed E-state index contributed by atoms with van der Waals surface area (Å²) in [6, 6.07) is 2.15. The van der Waals surface area contributed by atoms with E-state index >= 15 is 0 Å². The number of anilines is 1. The topological polar surface area (TPSA) is 65.1 Å². The maximum atomic E-state index is 13.0. The van der Waals surface area contributed by atoms with E-state index in [9.17, 15) is 31.1 Å². The minimum atomic E-state index is -4.73. The van der Waals surface area contributed by atoms with Crippen LogP contribution in [0.3, 0.4) is 0 Å². The van der Waals surface area contributed by atoms with Crippen LogP contribution in [0.4, 0.5) is 32.2 Å². The number of nitrogens with one attached hydrogen (secondary N) is 1. The number of pyridine rings is 1. The monoisotopic (exact) mass is 407 g/mol. The minimum Gasteiger partial charge on any atom is -0.355 e. The van der Waals surface area contributed by atoms with Crippen LogP contribution in [0.2, 0.25) is 0 Å². The molecule has 1 fully saturated rings. The number of carbonyl (C=O) groups is 1. The maximum Gasteiger partial charge on any atom is 0.433 e. The lowest BCUT2D eigenvalue weighted by molar-refractivity contribution is -0.141. The molecule has 0 bridgehead atoms. The standard InChI is InChI=1S/C16H15F6N5O/c17-15(18,19)10-2-3-12(23-8-10)26-4-1-5-27(7-6-26)14(28)11-9-24-25-13(11)16(20,21)22/h2-3,8-9H,1,4-7H2,(H,24,25). The van der Waals surface area contributed by atoms with Crippen molar-refractivity contribution in [2.75, 3.05) is 31.1 Å². The molecule has 1 aliphatic heterocycles. The van der Waals surface area contributed by atoms with Gasteiger partial charge in [-0.2, -0.15) is 31.4 Å². The van der Waals surface area contributed by atoms with Gasteiger partial charge >= 0.3 is 12.4 Å². The predicted octanol–water partition coefficient (Wildman–Crippen LogP) is 3.19. The highest BCUT2D eigenvalue weighted by molar-refractivity contribution is 5.95. The Balaban J connectivity index is 1.70. The molecule has 2 aromatic rings. The molecule has 0 spiro atoms. The fourth-order valence-electron chi connectivity index (χ4n) is 2.93. The Morgan fingerprint density at radius 3 is 2.32 bits per heavy atom. The second-order valence-electron chi connectivity index (χ2n) is 6.19. The highest BCUT2D eigenvalue weighted by Gasteiger charge is 2.38. The summed E-state index contributed by atoms with van der Waals surface area (Å²) in [5.41, 5.74) is -2.64. The van der Waals surface area contributed by atoms with Crippen LogP contribution < -0.4 is 4.90 Å². The molecular weight excluding hydrogens is 392 g/mol. The number of nitrogens with zero attached hydrogens (tertiary/aromatic N) is 4. The molecule has 3 heterocycles. The fraction of sp³-hybridized carbons (Fsp3) is 0.438. The van der Waals surface area contributed by atoms with Gasteiger partial charge in [-0.25, -0.2) is 4.98 Å². The Bertz CT molecular complexity index is 829. The summed E-state index contributed by atoms with van der Waals surface area (Å²) in [6.07, 6.45) is -7.24. The zero-order chi connectivity index (χ0) is 20.5. The molecule has 1 amide bonds. The first-order valence-electron chi connectivity index (χ1n) is 8.25. The van der Waals surface area contributed by atoms with Crippen LogP contribution in [0.5, 0.6) is 0 Å². The van der Waals surface area contributed by atoms with Gasteiger partial charge in [-0.05, 0) is 18.6 Å². The highest BCUT2D eigenvalue weighted by atomic mass is 19.4. The quantitative estimate of drug-likeness (QED) is 0.777. The van der Waals surface area contributed by atoms with E-state index < -0.39 is 35.1 Å². The Morgan fingerprint density at radius 1 is 0.964 bits per heavy atom. The number of aromatic amines is 1. The second kappa shape index (κ2) is 7.32. The molecule has 6 nitrogen and oxygen atoms in total.